The van der Waals surface area contributed by atoms with Gasteiger partial charge in [-0.1, -0.05) is 24.4 Å². The molecule has 1 aliphatic rings. The molecule has 0 aliphatic heterocycles. The molecule has 0 saturated heterocycles. The largest absolute Gasteiger partial charge is 0.481 e. The summed E-state index contributed by atoms with van der Waals surface area (Å²) in [7, 11) is 0. The number of rotatable bonds is 5. The number of carboxylic acid groups (broad SMARTS) is 1. The molecule has 1 saturated carbocycles. The van der Waals surface area contributed by atoms with Crippen molar-refractivity contribution in [1.82, 2.24) is 0 Å². The van der Waals surface area contributed by atoms with E-state index in [4.69, 9.17) is 16.7 Å². The predicted molar refractivity (Wildman–Crippen MR) is 79.9 cm³/mol. The Morgan fingerprint density at radius 3 is 2.62 bits per heavy atom. The number of nitrogens with one attached hydrogen (secondary N) is 1. The summed E-state index contributed by atoms with van der Waals surface area (Å²) in [6.07, 6.45) is 3.52. The van der Waals surface area contributed by atoms with E-state index in [0.29, 0.717) is 11.3 Å². The van der Waals surface area contributed by atoms with Gasteiger partial charge >= 0.3 is 5.97 Å². The monoisotopic (exact) mass is 312 g/mol. The minimum absolute atomic E-state index is 0.0288. The molecule has 1 aromatic carbocycles. The molecule has 0 heterocycles. The first-order valence-corrected chi connectivity index (χ1v) is 7.15. The Balaban J connectivity index is 2.31. The van der Waals surface area contributed by atoms with E-state index in [1.807, 2.05) is 0 Å². The molecule has 0 amide bonds. The van der Waals surface area contributed by atoms with E-state index >= 15 is 0 Å². The number of anilines is 1. The SMILES string of the molecule is Cc1cc([N+](=O)[O-])c(Cl)cc1NC1(CC(=O)O)CCCC1. The van der Waals surface area contributed by atoms with E-state index < -0.39 is 16.4 Å². The molecule has 21 heavy (non-hydrogen) atoms. The first-order chi connectivity index (χ1) is 9.83. The van der Waals surface area contributed by atoms with E-state index in [2.05, 4.69) is 5.32 Å². The fourth-order valence-corrected chi connectivity index (χ4v) is 3.15. The molecule has 0 unspecified atom stereocenters. The van der Waals surface area contributed by atoms with Crippen molar-refractivity contribution in [3.05, 3.63) is 32.8 Å². The van der Waals surface area contributed by atoms with Gasteiger partial charge in [0.2, 0.25) is 0 Å². The van der Waals surface area contributed by atoms with Gasteiger partial charge in [-0.05, 0) is 31.4 Å². The van der Waals surface area contributed by atoms with Crippen LogP contribution >= 0.6 is 11.6 Å². The van der Waals surface area contributed by atoms with Gasteiger partial charge in [0.05, 0.1) is 11.3 Å². The molecule has 1 aromatic rings. The van der Waals surface area contributed by atoms with Gasteiger partial charge in [0.1, 0.15) is 5.02 Å². The lowest BCUT2D eigenvalue weighted by molar-refractivity contribution is -0.384. The lowest BCUT2D eigenvalue weighted by Gasteiger charge is -2.30. The van der Waals surface area contributed by atoms with Crippen molar-refractivity contribution >= 4 is 28.9 Å². The second-order valence-electron chi connectivity index (χ2n) is 5.56. The average molecular weight is 313 g/mol. The second kappa shape index (κ2) is 5.89. The molecule has 0 spiro atoms. The van der Waals surface area contributed by atoms with Crippen molar-refractivity contribution in [2.45, 2.75) is 44.6 Å². The van der Waals surface area contributed by atoms with Crippen LogP contribution < -0.4 is 5.32 Å². The lowest BCUT2D eigenvalue weighted by atomic mass is 9.92. The molecule has 2 rings (SSSR count). The van der Waals surface area contributed by atoms with E-state index in [1.165, 1.54) is 12.1 Å². The zero-order chi connectivity index (χ0) is 15.6. The minimum atomic E-state index is -0.852. The number of nitrogens with zero attached hydrogens (tertiary/aromatic N) is 1. The fourth-order valence-electron chi connectivity index (χ4n) is 2.91. The van der Waals surface area contributed by atoms with Gasteiger partial charge < -0.3 is 10.4 Å². The summed E-state index contributed by atoms with van der Waals surface area (Å²) in [6, 6.07) is 2.92. The average Bonchev–Trinajstić information content (AvgIpc) is 2.80. The maximum Gasteiger partial charge on any atom is 0.305 e. The summed E-state index contributed by atoms with van der Waals surface area (Å²) in [6.45, 7) is 1.75. The third kappa shape index (κ3) is 3.44. The molecule has 1 aliphatic carbocycles. The van der Waals surface area contributed by atoms with Crippen LogP contribution in [0, 0.1) is 17.0 Å². The Labute approximate surface area is 127 Å². The van der Waals surface area contributed by atoms with Gasteiger partial charge in [0.25, 0.3) is 5.69 Å². The second-order valence-corrected chi connectivity index (χ2v) is 5.97. The normalized spacial score (nSPS) is 16.7. The molecule has 1 fully saturated rings. The summed E-state index contributed by atoms with van der Waals surface area (Å²) >= 11 is 5.93. The van der Waals surface area contributed by atoms with Crippen molar-refractivity contribution in [3.63, 3.8) is 0 Å². The number of aliphatic carboxylic acids is 1. The van der Waals surface area contributed by atoms with Crippen molar-refractivity contribution in [1.29, 1.82) is 0 Å². The zero-order valence-corrected chi connectivity index (χ0v) is 12.4. The van der Waals surface area contributed by atoms with E-state index in [1.54, 1.807) is 6.92 Å². The molecular formula is C14H17ClN2O4. The minimum Gasteiger partial charge on any atom is -0.481 e. The maximum absolute atomic E-state index is 11.1. The molecule has 0 aromatic heterocycles. The van der Waals surface area contributed by atoms with Crippen LogP contribution in [0.5, 0.6) is 0 Å². The lowest BCUT2D eigenvalue weighted by Crippen LogP contribution is -2.37. The van der Waals surface area contributed by atoms with Gasteiger partial charge in [0.15, 0.2) is 0 Å². The van der Waals surface area contributed by atoms with Gasteiger partial charge in [-0.25, -0.2) is 0 Å². The predicted octanol–water partition coefficient (Wildman–Crippen LogP) is 3.76. The molecular weight excluding hydrogens is 296 g/mol. The molecule has 2 N–H and O–H groups in total. The summed E-state index contributed by atoms with van der Waals surface area (Å²) in [4.78, 5) is 21.4. The van der Waals surface area contributed by atoms with Gasteiger partial charge in [-0.15, -0.1) is 0 Å². The summed E-state index contributed by atoms with van der Waals surface area (Å²) in [5.74, 6) is -0.852. The summed E-state index contributed by atoms with van der Waals surface area (Å²) in [5.41, 5.74) is 0.714. The summed E-state index contributed by atoms with van der Waals surface area (Å²) in [5, 5.41) is 23.3. The maximum atomic E-state index is 11.1. The quantitative estimate of drug-likeness (QED) is 0.638. The Morgan fingerprint density at radius 1 is 1.48 bits per heavy atom. The number of halogens is 1. The van der Waals surface area contributed by atoms with Gasteiger partial charge in [0, 0.05) is 17.3 Å². The first kappa shape index (κ1) is 15.6. The van der Waals surface area contributed by atoms with Crippen LogP contribution in [0.1, 0.15) is 37.7 Å². The standard InChI is InChI=1S/C14H17ClN2O4/c1-9-6-12(17(20)21)10(15)7-11(9)16-14(8-13(18)19)4-2-3-5-14/h6-7,16H,2-5,8H2,1H3,(H,18,19). The smallest absolute Gasteiger partial charge is 0.305 e. The van der Waals surface area contributed by atoms with Crippen LogP contribution in [0.2, 0.25) is 5.02 Å². The van der Waals surface area contributed by atoms with Crippen LogP contribution in [-0.4, -0.2) is 21.5 Å². The molecule has 0 bridgehead atoms. The highest BCUT2D eigenvalue weighted by atomic mass is 35.5. The van der Waals surface area contributed by atoms with E-state index in [0.717, 1.165) is 25.7 Å². The Bertz CT molecular complexity index is 583. The highest BCUT2D eigenvalue weighted by Crippen LogP contribution is 2.38. The third-order valence-electron chi connectivity index (χ3n) is 3.94. The van der Waals surface area contributed by atoms with Crippen LogP contribution in [0.25, 0.3) is 0 Å². The molecule has 114 valence electrons. The van der Waals surface area contributed by atoms with Crippen molar-refractivity contribution in [2.75, 3.05) is 5.32 Å². The number of carbonyl (C=O) groups is 1. The number of hydrogen-bond donors (Lipinski definition) is 2. The van der Waals surface area contributed by atoms with Crippen LogP contribution in [-0.2, 0) is 4.79 Å². The fraction of sp³-hybridized carbons (Fsp3) is 0.500. The highest BCUT2D eigenvalue weighted by molar-refractivity contribution is 6.33. The number of nitro groups is 1. The summed E-state index contributed by atoms with van der Waals surface area (Å²) < 4.78 is 0. The molecule has 7 heteroatoms. The third-order valence-corrected chi connectivity index (χ3v) is 4.24. The first-order valence-electron chi connectivity index (χ1n) is 6.77. The Kier molecular flexibility index (Phi) is 4.37. The highest BCUT2D eigenvalue weighted by Gasteiger charge is 2.36. The van der Waals surface area contributed by atoms with Gasteiger partial charge in [-0.3, -0.25) is 14.9 Å². The topological polar surface area (TPSA) is 92.5 Å². The number of benzene rings is 1. The van der Waals surface area contributed by atoms with Crippen molar-refractivity contribution < 1.29 is 14.8 Å². The number of carboxylic acids is 1. The Morgan fingerprint density at radius 2 is 2.10 bits per heavy atom. The number of nitro benzene ring substituents is 1. The molecule has 6 nitrogen and oxygen atoms in total. The van der Waals surface area contributed by atoms with Crippen LogP contribution in [0.15, 0.2) is 12.1 Å². The van der Waals surface area contributed by atoms with Crippen LogP contribution in [0.3, 0.4) is 0 Å². The number of hydrogen-bond acceptors (Lipinski definition) is 4. The van der Waals surface area contributed by atoms with Crippen LogP contribution in [0.4, 0.5) is 11.4 Å². The van der Waals surface area contributed by atoms with Crippen molar-refractivity contribution in [2.24, 2.45) is 0 Å². The molecule has 0 radical (unpaired) electrons. The Hall–Kier alpha value is -1.82. The van der Waals surface area contributed by atoms with Gasteiger partial charge in [-0.2, -0.15) is 0 Å². The van der Waals surface area contributed by atoms with Crippen molar-refractivity contribution in [3.8, 4) is 0 Å². The zero-order valence-electron chi connectivity index (χ0n) is 11.7. The molecule has 0 atom stereocenters. The number of aryl methyl sites for hydroxylation is 1. The van der Waals surface area contributed by atoms with E-state index in [9.17, 15) is 14.9 Å². The van der Waals surface area contributed by atoms with E-state index in [-0.39, 0.29) is 17.1 Å².